The third-order valence-corrected chi connectivity index (χ3v) is 2.23. The number of ketones is 1. The summed E-state index contributed by atoms with van der Waals surface area (Å²) in [7, 11) is 0. The first-order valence-corrected chi connectivity index (χ1v) is 4.10. The van der Waals surface area contributed by atoms with Crippen LogP contribution in [-0.2, 0) is 6.42 Å². The maximum absolute atomic E-state index is 11.3. The number of hydrogen-bond donors (Lipinski definition) is 0. The molecule has 0 radical (unpaired) electrons. The van der Waals surface area contributed by atoms with Crippen LogP contribution in [0.4, 0.5) is 0 Å². The van der Waals surface area contributed by atoms with Gasteiger partial charge in [0.2, 0.25) is 0 Å². The van der Waals surface area contributed by atoms with Crippen molar-refractivity contribution in [2.45, 2.75) is 19.3 Å². The third kappa shape index (κ3) is 1.09. The number of Topliss-reactive ketones (excluding diaryl/α,β-unsaturated/α-hetero) is 1. The minimum absolute atomic E-state index is 0.00319. The molecule has 0 bridgehead atoms. The Labute approximate surface area is 70.8 Å². The standard InChI is InChI=1S/C10H10O2/c11-8-4-5-9-7(6-8)2-1-3-10(9)12/h4-6,11H,1-3H2/p-1. The molecule has 0 N–H and O–H groups in total. The van der Waals surface area contributed by atoms with Crippen LogP contribution in [0.2, 0.25) is 0 Å². The molecule has 0 fully saturated rings. The molecule has 1 aromatic rings. The van der Waals surface area contributed by atoms with Crippen molar-refractivity contribution in [1.29, 1.82) is 0 Å². The van der Waals surface area contributed by atoms with E-state index in [4.69, 9.17) is 0 Å². The van der Waals surface area contributed by atoms with E-state index in [1.165, 1.54) is 6.07 Å². The SMILES string of the molecule is O=C1CCCc2cc([O-])ccc21. The van der Waals surface area contributed by atoms with E-state index in [9.17, 15) is 9.90 Å². The zero-order valence-corrected chi connectivity index (χ0v) is 6.67. The number of hydrogen-bond acceptors (Lipinski definition) is 2. The fraction of sp³-hybridized carbons (Fsp3) is 0.300. The van der Waals surface area contributed by atoms with Crippen molar-refractivity contribution in [1.82, 2.24) is 0 Å². The van der Waals surface area contributed by atoms with Crippen LogP contribution < -0.4 is 5.11 Å². The zero-order chi connectivity index (χ0) is 8.55. The molecular weight excluding hydrogens is 152 g/mol. The van der Waals surface area contributed by atoms with Crippen LogP contribution in [-0.4, -0.2) is 5.78 Å². The lowest BCUT2D eigenvalue weighted by Gasteiger charge is -2.16. The van der Waals surface area contributed by atoms with Gasteiger partial charge >= 0.3 is 0 Å². The summed E-state index contributed by atoms with van der Waals surface area (Å²) in [6.07, 6.45) is 2.39. The van der Waals surface area contributed by atoms with Crippen molar-refractivity contribution in [2.24, 2.45) is 0 Å². The molecule has 0 saturated heterocycles. The number of carbonyl (C=O) groups excluding carboxylic acids is 1. The second-order valence-corrected chi connectivity index (χ2v) is 3.10. The fourth-order valence-electron chi connectivity index (χ4n) is 1.62. The fourth-order valence-corrected chi connectivity index (χ4v) is 1.62. The molecule has 0 atom stereocenters. The summed E-state index contributed by atoms with van der Waals surface area (Å²) in [5.74, 6) is 0.180. The van der Waals surface area contributed by atoms with E-state index in [0.29, 0.717) is 6.42 Å². The van der Waals surface area contributed by atoms with Crippen molar-refractivity contribution < 1.29 is 9.90 Å². The van der Waals surface area contributed by atoms with E-state index in [0.717, 1.165) is 24.0 Å². The van der Waals surface area contributed by atoms with E-state index in [2.05, 4.69) is 0 Å². The van der Waals surface area contributed by atoms with Gasteiger partial charge in [-0.15, -0.1) is 5.75 Å². The number of aryl methyl sites for hydroxylation is 1. The number of carbonyl (C=O) groups is 1. The highest BCUT2D eigenvalue weighted by Gasteiger charge is 2.15. The summed E-state index contributed by atoms with van der Waals surface area (Å²) < 4.78 is 0. The van der Waals surface area contributed by atoms with Crippen molar-refractivity contribution in [3.8, 4) is 5.75 Å². The van der Waals surface area contributed by atoms with Gasteiger partial charge in [-0.3, -0.25) is 4.79 Å². The maximum Gasteiger partial charge on any atom is 0.163 e. The first-order valence-electron chi connectivity index (χ1n) is 4.10. The molecule has 2 nitrogen and oxygen atoms in total. The van der Waals surface area contributed by atoms with Gasteiger partial charge in [-0.2, -0.15) is 0 Å². The van der Waals surface area contributed by atoms with E-state index >= 15 is 0 Å². The van der Waals surface area contributed by atoms with Crippen molar-refractivity contribution in [2.75, 3.05) is 0 Å². The van der Waals surface area contributed by atoms with E-state index in [-0.39, 0.29) is 11.5 Å². The predicted molar refractivity (Wildman–Crippen MR) is 43.2 cm³/mol. The van der Waals surface area contributed by atoms with Crippen LogP contribution in [0.1, 0.15) is 28.8 Å². The van der Waals surface area contributed by atoms with Gasteiger partial charge in [0.15, 0.2) is 5.78 Å². The number of fused-ring (bicyclic) bond motifs is 1. The average molecular weight is 161 g/mol. The molecule has 0 aliphatic heterocycles. The molecule has 0 saturated carbocycles. The zero-order valence-electron chi connectivity index (χ0n) is 6.67. The second kappa shape index (κ2) is 2.63. The number of benzene rings is 1. The Balaban J connectivity index is 2.53. The third-order valence-electron chi connectivity index (χ3n) is 2.23. The Morgan fingerprint density at radius 1 is 1.25 bits per heavy atom. The Hall–Kier alpha value is -1.31. The van der Waals surface area contributed by atoms with Gasteiger partial charge in [0, 0.05) is 12.0 Å². The van der Waals surface area contributed by atoms with Crippen molar-refractivity contribution >= 4 is 5.78 Å². The van der Waals surface area contributed by atoms with Gasteiger partial charge in [-0.25, -0.2) is 0 Å². The average Bonchev–Trinajstić information content (AvgIpc) is 2.04. The van der Waals surface area contributed by atoms with E-state index in [1.54, 1.807) is 12.1 Å². The smallest absolute Gasteiger partial charge is 0.163 e. The molecule has 0 unspecified atom stereocenters. The lowest BCUT2D eigenvalue weighted by molar-refractivity contribution is -0.268. The van der Waals surface area contributed by atoms with Crippen LogP contribution >= 0.6 is 0 Å². The van der Waals surface area contributed by atoms with E-state index < -0.39 is 0 Å². The molecule has 0 aromatic heterocycles. The highest BCUT2D eigenvalue weighted by molar-refractivity contribution is 5.98. The topological polar surface area (TPSA) is 40.1 Å². The lowest BCUT2D eigenvalue weighted by Crippen LogP contribution is -2.10. The van der Waals surface area contributed by atoms with Crippen LogP contribution in [0.3, 0.4) is 0 Å². The highest BCUT2D eigenvalue weighted by Crippen LogP contribution is 2.23. The van der Waals surface area contributed by atoms with Crippen LogP contribution in [0.15, 0.2) is 18.2 Å². The van der Waals surface area contributed by atoms with Crippen molar-refractivity contribution in [3.63, 3.8) is 0 Å². The summed E-state index contributed by atoms with van der Waals surface area (Å²) in [6, 6.07) is 4.69. The van der Waals surface area contributed by atoms with Crippen LogP contribution in [0.25, 0.3) is 0 Å². The highest BCUT2D eigenvalue weighted by atomic mass is 16.3. The maximum atomic E-state index is 11.3. The van der Waals surface area contributed by atoms with Crippen LogP contribution in [0, 0.1) is 0 Å². The second-order valence-electron chi connectivity index (χ2n) is 3.10. The normalized spacial score (nSPS) is 15.8. The van der Waals surface area contributed by atoms with Gasteiger partial charge in [0.1, 0.15) is 0 Å². The van der Waals surface area contributed by atoms with E-state index in [1.807, 2.05) is 0 Å². The summed E-state index contributed by atoms with van der Waals surface area (Å²) in [5, 5.41) is 10.9. The summed E-state index contributed by atoms with van der Waals surface area (Å²) in [4.78, 5) is 11.3. The molecule has 1 aromatic carbocycles. The summed E-state index contributed by atoms with van der Waals surface area (Å²) >= 11 is 0. The molecule has 2 rings (SSSR count). The predicted octanol–water partition coefficient (Wildman–Crippen LogP) is 1.28. The lowest BCUT2D eigenvalue weighted by atomic mass is 9.91. The summed E-state index contributed by atoms with van der Waals surface area (Å²) in [6.45, 7) is 0. The molecule has 1 aliphatic carbocycles. The van der Waals surface area contributed by atoms with Crippen LogP contribution in [0.5, 0.6) is 5.75 Å². The molecule has 1 aliphatic rings. The Bertz CT molecular complexity index is 329. The molecule has 2 heteroatoms. The Kier molecular flexibility index (Phi) is 1.61. The minimum atomic E-state index is 0.00319. The Morgan fingerprint density at radius 3 is 2.92 bits per heavy atom. The Morgan fingerprint density at radius 2 is 2.08 bits per heavy atom. The summed E-state index contributed by atoms with van der Waals surface area (Å²) in [5.41, 5.74) is 1.68. The van der Waals surface area contributed by atoms with Gasteiger partial charge in [0.25, 0.3) is 0 Å². The minimum Gasteiger partial charge on any atom is -0.872 e. The van der Waals surface area contributed by atoms with Gasteiger partial charge in [-0.1, -0.05) is 18.2 Å². The molecule has 0 heterocycles. The molecule has 0 spiro atoms. The molecule has 0 amide bonds. The number of rotatable bonds is 0. The van der Waals surface area contributed by atoms with Gasteiger partial charge < -0.3 is 5.11 Å². The first kappa shape index (κ1) is 7.35. The quantitative estimate of drug-likeness (QED) is 0.575. The van der Waals surface area contributed by atoms with Crippen molar-refractivity contribution in [3.05, 3.63) is 29.3 Å². The van der Waals surface area contributed by atoms with Gasteiger partial charge in [-0.05, 0) is 18.4 Å². The molecule has 62 valence electrons. The molecule has 12 heavy (non-hydrogen) atoms. The van der Waals surface area contributed by atoms with Gasteiger partial charge in [0.05, 0.1) is 0 Å². The first-order chi connectivity index (χ1) is 5.77. The monoisotopic (exact) mass is 161 g/mol. The molecular formula is C10H9O2-. The largest absolute Gasteiger partial charge is 0.872 e.